The van der Waals surface area contributed by atoms with Crippen LogP contribution in [0.1, 0.15) is 42.9 Å². The van der Waals surface area contributed by atoms with Gasteiger partial charge in [0.15, 0.2) is 0 Å². The van der Waals surface area contributed by atoms with Gasteiger partial charge in [0.25, 0.3) is 0 Å². The maximum Gasteiger partial charge on any atom is 0.235 e. The molecule has 0 aliphatic carbocycles. The molecule has 2 aromatic carbocycles. The quantitative estimate of drug-likeness (QED) is 0.799. The fraction of sp³-hybridized carbons (Fsp3) is 0.435. The zero-order valence-electron chi connectivity index (χ0n) is 16.5. The Bertz CT molecular complexity index is 777. The molecule has 1 amide bonds. The van der Waals surface area contributed by atoms with E-state index in [2.05, 4.69) is 43.4 Å². The van der Waals surface area contributed by atoms with Crippen LogP contribution in [-0.4, -0.2) is 25.7 Å². The number of aryl methyl sites for hydroxylation is 2. The van der Waals surface area contributed by atoms with E-state index in [-0.39, 0.29) is 5.91 Å². The molecule has 1 fully saturated rings. The van der Waals surface area contributed by atoms with Crippen LogP contribution in [-0.2, 0) is 14.9 Å². The topological polar surface area (TPSA) is 47.6 Å². The first-order valence-corrected chi connectivity index (χ1v) is 9.75. The number of benzene rings is 2. The van der Waals surface area contributed by atoms with E-state index >= 15 is 0 Å². The highest BCUT2D eigenvalue weighted by Gasteiger charge is 2.41. The first kappa shape index (κ1) is 19.4. The molecule has 4 heteroatoms. The van der Waals surface area contributed by atoms with E-state index in [0.717, 1.165) is 29.0 Å². The van der Waals surface area contributed by atoms with E-state index in [9.17, 15) is 4.79 Å². The minimum absolute atomic E-state index is 0.0382. The molecular formula is C23H29NO3. The molecule has 1 aliphatic heterocycles. The van der Waals surface area contributed by atoms with Gasteiger partial charge in [-0.25, -0.2) is 0 Å². The van der Waals surface area contributed by atoms with Crippen LogP contribution in [0.4, 0.5) is 5.69 Å². The fourth-order valence-corrected chi connectivity index (χ4v) is 3.59. The molecule has 1 N–H and O–H groups in total. The molecule has 0 aromatic heterocycles. The summed E-state index contributed by atoms with van der Waals surface area (Å²) in [5, 5.41) is 3.14. The molecule has 0 saturated carbocycles. The maximum absolute atomic E-state index is 13.3. The molecule has 4 nitrogen and oxygen atoms in total. The van der Waals surface area contributed by atoms with Crippen molar-refractivity contribution in [3.63, 3.8) is 0 Å². The number of rotatable bonds is 6. The lowest BCUT2D eigenvalue weighted by atomic mass is 9.73. The van der Waals surface area contributed by atoms with Crippen LogP contribution in [0.3, 0.4) is 0 Å². The summed E-state index contributed by atoms with van der Waals surface area (Å²) >= 11 is 0. The highest BCUT2D eigenvalue weighted by Crippen LogP contribution is 2.36. The molecule has 0 unspecified atom stereocenters. The highest BCUT2D eigenvalue weighted by atomic mass is 16.5. The summed E-state index contributed by atoms with van der Waals surface area (Å²) < 4.78 is 11.3. The molecule has 3 rings (SSSR count). The second-order valence-corrected chi connectivity index (χ2v) is 7.34. The zero-order valence-corrected chi connectivity index (χ0v) is 16.5. The minimum Gasteiger partial charge on any atom is -0.493 e. The summed E-state index contributed by atoms with van der Waals surface area (Å²) in [4.78, 5) is 13.3. The number of carbonyl (C=O) groups is 1. The van der Waals surface area contributed by atoms with E-state index in [1.807, 2.05) is 25.1 Å². The standard InChI is InChI=1S/C23H29NO3/c1-4-13-27-21-10-9-20(16-18(21)3)24-22(25)23(11-14-26-15-12-23)19-7-5-17(2)6-8-19/h5-10,16H,4,11-15H2,1-3H3,(H,24,25). The Morgan fingerprint density at radius 2 is 1.81 bits per heavy atom. The van der Waals surface area contributed by atoms with E-state index in [1.165, 1.54) is 5.56 Å². The van der Waals surface area contributed by atoms with Crippen LogP contribution >= 0.6 is 0 Å². The summed E-state index contributed by atoms with van der Waals surface area (Å²) in [5.74, 6) is 0.908. The number of ether oxygens (including phenoxy) is 2. The van der Waals surface area contributed by atoms with Gasteiger partial charge in [0.1, 0.15) is 5.75 Å². The van der Waals surface area contributed by atoms with Crippen molar-refractivity contribution in [2.24, 2.45) is 0 Å². The normalized spacial score (nSPS) is 16.0. The lowest BCUT2D eigenvalue weighted by Gasteiger charge is -2.36. The summed E-state index contributed by atoms with van der Waals surface area (Å²) in [7, 11) is 0. The van der Waals surface area contributed by atoms with Gasteiger partial charge >= 0.3 is 0 Å². The number of nitrogens with one attached hydrogen (secondary N) is 1. The molecule has 27 heavy (non-hydrogen) atoms. The number of amides is 1. The number of carbonyl (C=O) groups excluding carboxylic acids is 1. The van der Waals surface area contributed by atoms with Gasteiger partial charge in [0.2, 0.25) is 5.91 Å². The molecule has 0 radical (unpaired) electrons. The summed E-state index contributed by atoms with van der Waals surface area (Å²) in [6.07, 6.45) is 2.36. The van der Waals surface area contributed by atoms with Gasteiger partial charge in [0, 0.05) is 18.9 Å². The average Bonchev–Trinajstić information content (AvgIpc) is 2.68. The second-order valence-electron chi connectivity index (χ2n) is 7.34. The number of hydrogen-bond donors (Lipinski definition) is 1. The van der Waals surface area contributed by atoms with Crippen LogP contribution in [0.2, 0.25) is 0 Å². The summed E-state index contributed by atoms with van der Waals surface area (Å²) in [6.45, 7) is 8.05. The Hall–Kier alpha value is -2.33. The molecule has 1 saturated heterocycles. The van der Waals surface area contributed by atoms with Crippen LogP contribution in [0.15, 0.2) is 42.5 Å². The van der Waals surface area contributed by atoms with Crippen molar-refractivity contribution in [3.05, 3.63) is 59.2 Å². The van der Waals surface area contributed by atoms with Gasteiger partial charge in [-0.05, 0) is 62.4 Å². The molecule has 144 valence electrons. The average molecular weight is 367 g/mol. The molecular weight excluding hydrogens is 338 g/mol. The third-order valence-corrected chi connectivity index (χ3v) is 5.28. The van der Waals surface area contributed by atoms with Crippen molar-refractivity contribution in [3.8, 4) is 5.75 Å². The van der Waals surface area contributed by atoms with Crippen molar-refractivity contribution in [2.45, 2.75) is 45.4 Å². The Labute approximate surface area is 161 Å². The van der Waals surface area contributed by atoms with E-state index < -0.39 is 5.41 Å². The van der Waals surface area contributed by atoms with Gasteiger partial charge in [-0.3, -0.25) is 4.79 Å². The summed E-state index contributed by atoms with van der Waals surface area (Å²) in [5.41, 5.74) is 3.54. The predicted octanol–water partition coefficient (Wildman–Crippen LogP) is 4.78. The Morgan fingerprint density at radius 1 is 1.11 bits per heavy atom. The largest absolute Gasteiger partial charge is 0.493 e. The van der Waals surface area contributed by atoms with Gasteiger partial charge in [-0.15, -0.1) is 0 Å². The number of anilines is 1. The summed E-state index contributed by atoms with van der Waals surface area (Å²) in [6, 6.07) is 14.1. The molecule has 1 heterocycles. The first-order valence-electron chi connectivity index (χ1n) is 9.75. The highest BCUT2D eigenvalue weighted by molar-refractivity contribution is 5.99. The van der Waals surface area contributed by atoms with Crippen molar-refractivity contribution < 1.29 is 14.3 Å². The molecule has 2 aromatic rings. The van der Waals surface area contributed by atoms with Crippen molar-refractivity contribution >= 4 is 11.6 Å². The Balaban J connectivity index is 1.83. The Kier molecular flexibility index (Phi) is 6.17. The van der Waals surface area contributed by atoms with Crippen LogP contribution < -0.4 is 10.1 Å². The van der Waals surface area contributed by atoms with E-state index in [0.29, 0.717) is 32.7 Å². The van der Waals surface area contributed by atoms with Crippen LogP contribution in [0.5, 0.6) is 5.75 Å². The third kappa shape index (κ3) is 4.33. The Morgan fingerprint density at radius 3 is 2.44 bits per heavy atom. The van der Waals surface area contributed by atoms with Crippen molar-refractivity contribution in [2.75, 3.05) is 25.1 Å². The molecule has 0 bridgehead atoms. The van der Waals surface area contributed by atoms with E-state index in [4.69, 9.17) is 9.47 Å². The monoisotopic (exact) mass is 367 g/mol. The van der Waals surface area contributed by atoms with Gasteiger partial charge in [-0.1, -0.05) is 36.8 Å². The van der Waals surface area contributed by atoms with Crippen molar-refractivity contribution in [1.29, 1.82) is 0 Å². The van der Waals surface area contributed by atoms with Gasteiger partial charge in [0.05, 0.1) is 12.0 Å². The van der Waals surface area contributed by atoms with Gasteiger partial charge < -0.3 is 14.8 Å². The molecule has 0 atom stereocenters. The first-order chi connectivity index (χ1) is 13.0. The SMILES string of the molecule is CCCOc1ccc(NC(=O)C2(c3ccc(C)cc3)CCOCC2)cc1C. The third-order valence-electron chi connectivity index (χ3n) is 5.28. The molecule has 1 aliphatic rings. The van der Waals surface area contributed by atoms with Crippen LogP contribution in [0, 0.1) is 13.8 Å². The molecule has 0 spiro atoms. The van der Waals surface area contributed by atoms with Crippen molar-refractivity contribution in [1.82, 2.24) is 0 Å². The lowest BCUT2D eigenvalue weighted by Crippen LogP contribution is -2.44. The van der Waals surface area contributed by atoms with Gasteiger partial charge in [-0.2, -0.15) is 0 Å². The maximum atomic E-state index is 13.3. The second kappa shape index (κ2) is 8.57. The zero-order chi connectivity index (χ0) is 19.3. The fourth-order valence-electron chi connectivity index (χ4n) is 3.59. The number of hydrogen-bond acceptors (Lipinski definition) is 3. The smallest absolute Gasteiger partial charge is 0.235 e. The van der Waals surface area contributed by atoms with E-state index in [1.54, 1.807) is 0 Å². The minimum atomic E-state index is -0.544. The lowest BCUT2D eigenvalue weighted by molar-refractivity contribution is -0.125. The van der Waals surface area contributed by atoms with Crippen LogP contribution in [0.25, 0.3) is 0 Å². The predicted molar refractivity (Wildman–Crippen MR) is 109 cm³/mol.